The zero-order valence-corrected chi connectivity index (χ0v) is 13.0. The average molecular weight is 294 g/mol. The van der Waals surface area contributed by atoms with Crippen molar-refractivity contribution in [1.29, 1.82) is 0 Å². The van der Waals surface area contributed by atoms with Crippen molar-refractivity contribution in [3.8, 4) is 0 Å². The quantitative estimate of drug-likeness (QED) is 0.828. The maximum atomic E-state index is 5.98. The highest BCUT2D eigenvalue weighted by Gasteiger charge is 2.09. The average Bonchev–Trinajstić information content (AvgIpc) is 2.80. The van der Waals surface area contributed by atoms with E-state index in [4.69, 9.17) is 11.6 Å². The number of hydrogen-bond donors (Lipinski definition) is 1. The van der Waals surface area contributed by atoms with Crippen molar-refractivity contribution >= 4 is 22.9 Å². The minimum Gasteiger partial charge on any atom is -0.317 e. The molecule has 102 valence electrons. The zero-order chi connectivity index (χ0) is 13.7. The molecular formula is C16H20ClNS. The lowest BCUT2D eigenvalue weighted by molar-refractivity contribution is 0.523. The Morgan fingerprint density at radius 2 is 2.11 bits per heavy atom. The third-order valence-corrected chi connectivity index (χ3v) is 4.60. The summed E-state index contributed by atoms with van der Waals surface area (Å²) in [7, 11) is 2.04. The molecule has 0 radical (unpaired) electrons. The van der Waals surface area contributed by atoms with Gasteiger partial charge >= 0.3 is 0 Å². The van der Waals surface area contributed by atoms with Crippen LogP contribution in [0.3, 0.4) is 0 Å². The highest BCUT2D eigenvalue weighted by atomic mass is 35.5. The Labute approximate surface area is 124 Å². The van der Waals surface area contributed by atoms with Gasteiger partial charge in [-0.2, -0.15) is 0 Å². The lowest BCUT2D eigenvalue weighted by Crippen LogP contribution is -2.27. The number of benzene rings is 1. The van der Waals surface area contributed by atoms with Crippen LogP contribution in [0.1, 0.15) is 22.4 Å². The molecule has 3 heteroatoms. The fourth-order valence-electron chi connectivity index (χ4n) is 2.26. The van der Waals surface area contributed by atoms with E-state index in [2.05, 4.69) is 42.6 Å². The van der Waals surface area contributed by atoms with Crippen LogP contribution in [0.2, 0.25) is 4.34 Å². The van der Waals surface area contributed by atoms with Crippen molar-refractivity contribution in [2.24, 2.45) is 0 Å². The molecule has 2 rings (SSSR count). The summed E-state index contributed by atoms with van der Waals surface area (Å²) in [6.07, 6.45) is 3.32. The molecule has 1 aromatic carbocycles. The molecule has 1 heterocycles. The molecule has 0 bridgehead atoms. The number of thiophene rings is 1. The lowest BCUT2D eigenvalue weighted by Gasteiger charge is -2.15. The van der Waals surface area contributed by atoms with Crippen LogP contribution in [-0.2, 0) is 12.8 Å². The Bertz CT molecular complexity index is 521. The number of halogens is 1. The molecule has 1 N–H and O–H groups in total. The predicted octanol–water partition coefficient (Wildman–Crippen LogP) is 4.47. The van der Waals surface area contributed by atoms with Crippen LogP contribution in [0.15, 0.2) is 36.4 Å². The van der Waals surface area contributed by atoms with Gasteiger partial charge in [-0.15, -0.1) is 11.3 Å². The van der Waals surface area contributed by atoms with Gasteiger partial charge in [0.25, 0.3) is 0 Å². The second-order valence-corrected chi connectivity index (χ2v) is 6.72. The van der Waals surface area contributed by atoms with Gasteiger partial charge in [-0.25, -0.2) is 0 Å². The summed E-state index contributed by atoms with van der Waals surface area (Å²) in [5.74, 6) is 0. The third kappa shape index (κ3) is 4.64. The molecule has 0 aliphatic rings. The largest absolute Gasteiger partial charge is 0.317 e. The van der Waals surface area contributed by atoms with E-state index in [9.17, 15) is 0 Å². The molecule has 0 amide bonds. The minimum absolute atomic E-state index is 0.509. The second-order valence-electron chi connectivity index (χ2n) is 4.92. The first kappa shape index (κ1) is 14.6. The first-order chi connectivity index (χ1) is 9.17. The molecule has 2 aromatic rings. The summed E-state index contributed by atoms with van der Waals surface area (Å²) < 4.78 is 0.878. The Hall–Kier alpha value is -0.830. The molecule has 1 unspecified atom stereocenters. The van der Waals surface area contributed by atoms with E-state index < -0.39 is 0 Å². The SMILES string of the molecule is CNC(CCc1cccc(C)c1)Cc1ccc(Cl)s1. The maximum Gasteiger partial charge on any atom is 0.0931 e. The van der Waals surface area contributed by atoms with Gasteiger partial charge in [0.05, 0.1) is 4.34 Å². The number of rotatable bonds is 6. The monoisotopic (exact) mass is 293 g/mol. The van der Waals surface area contributed by atoms with E-state index in [0.717, 1.165) is 23.6 Å². The van der Waals surface area contributed by atoms with Crippen LogP contribution in [0.4, 0.5) is 0 Å². The Kier molecular flexibility index (Phi) is 5.44. The van der Waals surface area contributed by atoms with Crippen LogP contribution in [0.25, 0.3) is 0 Å². The fourth-order valence-corrected chi connectivity index (χ4v) is 3.43. The van der Waals surface area contributed by atoms with Gasteiger partial charge in [-0.1, -0.05) is 41.4 Å². The molecular weight excluding hydrogens is 274 g/mol. The summed E-state index contributed by atoms with van der Waals surface area (Å²) in [6, 6.07) is 13.4. The van der Waals surface area contributed by atoms with Crippen molar-refractivity contribution in [3.05, 3.63) is 56.7 Å². The smallest absolute Gasteiger partial charge is 0.0931 e. The number of hydrogen-bond acceptors (Lipinski definition) is 2. The van der Waals surface area contributed by atoms with Crippen molar-refractivity contribution in [3.63, 3.8) is 0 Å². The van der Waals surface area contributed by atoms with Crippen molar-refractivity contribution in [2.75, 3.05) is 7.05 Å². The molecule has 0 aliphatic heterocycles. The van der Waals surface area contributed by atoms with Crippen molar-refractivity contribution in [1.82, 2.24) is 5.32 Å². The Morgan fingerprint density at radius 3 is 2.74 bits per heavy atom. The van der Waals surface area contributed by atoms with Gasteiger partial charge in [-0.05, 0) is 50.9 Å². The Balaban J connectivity index is 1.89. The molecule has 0 spiro atoms. The van der Waals surface area contributed by atoms with Crippen molar-refractivity contribution < 1.29 is 0 Å². The summed E-state index contributed by atoms with van der Waals surface area (Å²) in [4.78, 5) is 1.36. The second kappa shape index (κ2) is 7.09. The lowest BCUT2D eigenvalue weighted by atomic mass is 10.0. The number of nitrogens with one attached hydrogen (secondary N) is 1. The van der Waals surface area contributed by atoms with Gasteiger partial charge in [-0.3, -0.25) is 0 Å². The van der Waals surface area contributed by atoms with Crippen LogP contribution >= 0.6 is 22.9 Å². The van der Waals surface area contributed by atoms with E-state index in [-0.39, 0.29) is 0 Å². The molecule has 0 fully saturated rings. The zero-order valence-electron chi connectivity index (χ0n) is 11.4. The normalized spacial score (nSPS) is 12.6. The van der Waals surface area contributed by atoms with E-state index in [1.807, 2.05) is 13.1 Å². The molecule has 1 aromatic heterocycles. The predicted molar refractivity (Wildman–Crippen MR) is 85.4 cm³/mol. The summed E-state index contributed by atoms with van der Waals surface area (Å²) in [5.41, 5.74) is 2.76. The molecule has 1 nitrogen and oxygen atoms in total. The standard InChI is InChI=1S/C16H20ClNS/c1-12-4-3-5-13(10-12)6-7-14(18-2)11-15-8-9-16(17)19-15/h3-5,8-10,14,18H,6-7,11H2,1-2H3. The van der Waals surface area contributed by atoms with Gasteiger partial charge in [0.15, 0.2) is 0 Å². The number of likely N-dealkylation sites (N-methyl/N-ethyl adjacent to an activating group) is 1. The van der Waals surface area contributed by atoms with Gasteiger partial charge in [0.1, 0.15) is 0 Å². The Morgan fingerprint density at radius 1 is 1.26 bits per heavy atom. The van der Waals surface area contributed by atoms with E-state index >= 15 is 0 Å². The highest BCUT2D eigenvalue weighted by molar-refractivity contribution is 7.16. The van der Waals surface area contributed by atoms with E-state index in [0.29, 0.717) is 6.04 Å². The van der Waals surface area contributed by atoms with Crippen molar-refractivity contribution in [2.45, 2.75) is 32.2 Å². The minimum atomic E-state index is 0.509. The molecule has 1 atom stereocenters. The van der Waals surface area contributed by atoms with Crippen LogP contribution in [0, 0.1) is 6.92 Å². The van der Waals surface area contributed by atoms with Gasteiger partial charge < -0.3 is 5.32 Å². The maximum absolute atomic E-state index is 5.98. The molecule has 0 saturated carbocycles. The first-order valence-electron chi connectivity index (χ1n) is 6.64. The van der Waals surface area contributed by atoms with Gasteiger partial charge in [0.2, 0.25) is 0 Å². The fraction of sp³-hybridized carbons (Fsp3) is 0.375. The number of aryl methyl sites for hydroxylation is 2. The topological polar surface area (TPSA) is 12.0 Å². The van der Waals surface area contributed by atoms with Crippen LogP contribution < -0.4 is 5.32 Å². The molecule has 0 aliphatic carbocycles. The van der Waals surface area contributed by atoms with Gasteiger partial charge in [0, 0.05) is 10.9 Å². The van der Waals surface area contributed by atoms with Crippen LogP contribution in [-0.4, -0.2) is 13.1 Å². The summed E-state index contributed by atoms with van der Waals surface area (Å²) in [6.45, 7) is 2.15. The van der Waals surface area contributed by atoms with E-state index in [1.165, 1.54) is 16.0 Å². The van der Waals surface area contributed by atoms with E-state index in [1.54, 1.807) is 11.3 Å². The molecule has 19 heavy (non-hydrogen) atoms. The molecule has 0 saturated heterocycles. The van der Waals surface area contributed by atoms with Crippen LogP contribution in [0.5, 0.6) is 0 Å². The first-order valence-corrected chi connectivity index (χ1v) is 7.84. The summed E-state index contributed by atoms with van der Waals surface area (Å²) in [5, 5.41) is 3.41. The third-order valence-electron chi connectivity index (χ3n) is 3.35. The highest BCUT2D eigenvalue weighted by Crippen LogP contribution is 2.23. The summed E-state index contributed by atoms with van der Waals surface area (Å²) >= 11 is 7.66.